The Morgan fingerprint density at radius 3 is 2.40 bits per heavy atom. The van der Waals surface area contributed by atoms with Gasteiger partial charge in [-0.3, -0.25) is 0 Å². The third kappa shape index (κ3) is 4.03. The number of benzene rings is 2. The van der Waals surface area contributed by atoms with E-state index in [1.165, 1.54) is 23.9 Å². The average molecular weight is 356 g/mol. The zero-order chi connectivity index (χ0) is 17.8. The van der Waals surface area contributed by atoms with Gasteiger partial charge in [-0.1, -0.05) is 42.5 Å². The van der Waals surface area contributed by atoms with Crippen molar-refractivity contribution in [1.82, 2.24) is 0 Å². The van der Waals surface area contributed by atoms with Crippen LogP contribution in [0.2, 0.25) is 0 Å². The molecule has 0 radical (unpaired) electrons. The third-order valence-corrected chi connectivity index (χ3v) is 5.00. The Morgan fingerprint density at radius 2 is 1.80 bits per heavy atom. The molecule has 3 rings (SSSR count). The summed E-state index contributed by atoms with van der Waals surface area (Å²) in [4.78, 5) is 23.3. The monoisotopic (exact) mass is 356 g/mol. The number of hydrogen-bond acceptors (Lipinski definition) is 5. The fourth-order valence-corrected chi connectivity index (χ4v) is 3.43. The van der Waals surface area contributed by atoms with E-state index in [1.54, 1.807) is 12.1 Å². The van der Waals surface area contributed by atoms with Crippen molar-refractivity contribution < 1.29 is 24.5 Å². The molecule has 2 N–H and O–H groups in total. The molecule has 1 atom stereocenters. The highest BCUT2D eigenvalue weighted by Gasteiger charge is 2.30. The molecule has 5 nitrogen and oxygen atoms in total. The van der Waals surface area contributed by atoms with Gasteiger partial charge in [-0.25, -0.2) is 9.59 Å². The van der Waals surface area contributed by atoms with Crippen LogP contribution in [-0.4, -0.2) is 22.2 Å². The highest BCUT2D eigenvalue weighted by atomic mass is 32.2. The first kappa shape index (κ1) is 17.1. The molecule has 0 spiro atoms. The molecular weight excluding hydrogens is 340 g/mol. The number of rotatable bonds is 5. The molecule has 0 aromatic heterocycles. The van der Waals surface area contributed by atoms with Gasteiger partial charge in [0.15, 0.2) is 0 Å². The molecule has 1 aliphatic heterocycles. The molecule has 0 fully saturated rings. The van der Waals surface area contributed by atoms with Crippen molar-refractivity contribution in [1.29, 1.82) is 0 Å². The lowest BCUT2D eigenvalue weighted by atomic mass is 10.0. The Labute approximate surface area is 148 Å². The minimum Gasteiger partial charge on any atom is -0.511 e. The summed E-state index contributed by atoms with van der Waals surface area (Å²) in [5.41, 5.74) is 1.86. The van der Waals surface area contributed by atoms with Gasteiger partial charge in [0.05, 0.1) is 5.56 Å². The van der Waals surface area contributed by atoms with Crippen LogP contribution in [-0.2, 0) is 15.3 Å². The Bertz CT molecular complexity index is 811. The van der Waals surface area contributed by atoms with E-state index in [-0.39, 0.29) is 22.6 Å². The predicted molar refractivity (Wildman–Crippen MR) is 94.2 cm³/mol. The van der Waals surface area contributed by atoms with Gasteiger partial charge in [0.1, 0.15) is 16.8 Å². The SMILES string of the molecule is O=C1OC(c2ccc(C(=O)O)cc2)CC(O)=C1SCc1ccccc1. The van der Waals surface area contributed by atoms with Crippen LogP contribution in [0.25, 0.3) is 0 Å². The number of esters is 1. The van der Waals surface area contributed by atoms with Gasteiger partial charge in [0.2, 0.25) is 0 Å². The number of hydrogen-bond donors (Lipinski definition) is 2. The number of carbonyl (C=O) groups excluding carboxylic acids is 1. The molecule has 0 amide bonds. The summed E-state index contributed by atoms with van der Waals surface area (Å²) in [5, 5.41) is 19.2. The molecular formula is C19H16O5S. The van der Waals surface area contributed by atoms with Gasteiger partial charge in [-0.2, -0.15) is 0 Å². The van der Waals surface area contributed by atoms with E-state index in [4.69, 9.17) is 9.84 Å². The summed E-state index contributed by atoms with van der Waals surface area (Å²) in [6, 6.07) is 15.7. The zero-order valence-electron chi connectivity index (χ0n) is 13.2. The third-order valence-electron chi connectivity index (χ3n) is 3.83. The maximum absolute atomic E-state index is 12.2. The molecule has 1 heterocycles. The number of cyclic esters (lactones) is 1. The predicted octanol–water partition coefficient (Wildman–Crippen LogP) is 4.08. The summed E-state index contributed by atoms with van der Waals surface area (Å²) in [5.74, 6) is -1.01. The number of ether oxygens (including phenoxy) is 1. The second-order valence-electron chi connectivity index (χ2n) is 5.58. The molecule has 128 valence electrons. The van der Waals surface area contributed by atoms with E-state index < -0.39 is 18.0 Å². The Morgan fingerprint density at radius 1 is 1.12 bits per heavy atom. The second kappa shape index (κ2) is 7.44. The molecule has 25 heavy (non-hydrogen) atoms. The number of carboxylic acid groups (broad SMARTS) is 1. The summed E-state index contributed by atoms with van der Waals surface area (Å²) in [6.45, 7) is 0. The number of thioether (sulfide) groups is 1. The maximum atomic E-state index is 12.2. The van der Waals surface area contributed by atoms with Crippen molar-refractivity contribution in [2.24, 2.45) is 0 Å². The van der Waals surface area contributed by atoms with Gasteiger partial charge in [-0.05, 0) is 23.3 Å². The largest absolute Gasteiger partial charge is 0.511 e. The van der Waals surface area contributed by atoms with Crippen LogP contribution in [0, 0.1) is 0 Å². The first-order valence-electron chi connectivity index (χ1n) is 7.67. The average Bonchev–Trinajstić information content (AvgIpc) is 2.62. The lowest BCUT2D eigenvalue weighted by molar-refractivity contribution is -0.146. The number of aliphatic hydroxyl groups is 1. The highest BCUT2D eigenvalue weighted by molar-refractivity contribution is 8.03. The zero-order valence-corrected chi connectivity index (χ0v) is 14.0. The van der Waals surface area contributed by atoms with Crippen LogP contribution >= 0.6 is 11.8 Å². The van der Waals surface area contributed by atoms with Crippen LogP contribution in [0.15, 0.2) is 65.3 Å². The minimum atomic E-state index is -1.02. The van der Waals surface area contributed by atoms with Gasteiger partial charge >= 0.3 is 11.9 Å². The topological polar surface area (TPSA) is 83.8 Å². The van der Waals surface area contributed by atoms with E-state index in [2.05, 4.69) is 0 Å². The first-order chi connectivity index (χ1) is 12.0. The standard InChI is InChI=1S/C19H16O5S/c20-15-10-16(13-6-8-14(9-7-13)18(21)22)24-19(23)17(15)25-11-12-4-2-1-3-5-12/h1-9,16,20H,10-11H2,(H,21,22). The van der Waals surface area contributed by atoms with E-state index in [0.29, 0.717) is 11.3 Å². The Kier molecular flexibility index (Phi) is 5.09. The number of aromatic carboxylic acids is 1. The lowest BCUT2D eigenvalue weighted by Crippen LogP contribution is -2.20. The molecule has 1 aliphatic rings. The van der Waals surface area contributed by atoms with Gasteiger partial charge in [-0.15, -0.1) is 11.8 Å². The molecule has 2 aromatic rings. The molecule has 6 heteroatoms. The maximum Gasteiger partial charge on any atom is 0.348 e. The van der Waals surface area contributed by atoms with Crippen molar-refractivity contribution >= 4 is 23.7 Å². The van der Waals surface area contributed by atoms with Gasteiger partial charge < -0.3 is 14.9 Å². The van der Waals surface area contributed by atoms with Crippen molar-refractivity contribution in [3.05, 3.63) is 82.0 Å². The summed E-state index contributed by atoms with van der Waals surface area (Å²) < 4.78 is 5.42. The Hall–Kier alpha value is -2.73. The molecule has 0 bridgehead atoms. The second-order valence-corrected chi connectivity index (χ2v) is 6.56. The normalized spacial score (nSPS) is 17.3. The fourth-order valence-electron chi connectivity index (χ4n) is 2.51. The van der Waals surface area contributed by atoms with Gasteiger partial charge in [0.25, 0.3) is 0 Å². The summed E-state index contributed by atoms with van der Waals surface area (Å²) in [7, 11) is 0. The van der Waals surface area contributed by atoms with Crippen LogP contribution in [0.4, 0.5) is 0 Å². The smallest absolute Gasteiger partial charge is 0.348 e. The van der Waals surface area contributed by atoms with E-state index >= 15 is 0 Å². The first-order valence-corrected chi connectivity index (χ1v) is 8.66. The van der Waals surface area contributed by atoms with Crippen molar-refractivity contribution in [3.8, 4) is 0 Å². The fraction of sp³-hybridized carbons (Fsp3) is 0.158. The van der Waals surface area contributed by atoms with Gasteiger partial charge in [0, 0.05) is 12.2 Å². The van der Waals surface area contributed by atoms with Crippen LogP contribution in [0.3, 0.4) is 0 Å². The molecule has 0 aliphatic carbocycles. The van der Waals surface area contributed by atoms with E-state index in [0.717, 1.165) is 5.56 Å². The number of carbonyl (C=O) groups is 2. The van der Waals surface area contributed by atoms with Crippen LogP contribution in [0.1, 0.15) is 34.0 Å². The van der Waals surface area contributed by atoms with Crippen LogP contribution in [0.5, 0.6) is 0 Å². The Balaban J connectivity index is 1.71. The highest BCUT2D eigenvalue weighted by Crippen LogP contribution is 2.36. The molecule has 1 unspecified atom stereocenters. The van der Waals surface area contributed by atoms with Crippen LogP contribution < -0.4 is 0 Å². The molecule has 2 aromatic carbocycles. The van der Waals surface area contributed by atoms with Crippen molar-refractivity contribution in [2.45, 2.75) is 18.3 Å². The molecule has 0 saturated carbocycles. The molecule has 0 saturated heterocycles. The summed E-state index contributed by atoms with van der Waals surface area (Å²) >= 11 is 1.25. The number of carboxylic acids is 1. The minimum absolute atomic E-state index is 0.00416. The number of aliphatic hydroxyl groups excluding tert-OH is 1. The van der Waals surface area contributed by atoms with E-state index in [1.807, 2.05) is 30.3 Å². The summed E-state index contributed by atoms with van der Waals surface area (Å²) in [6.07, 6.45) is -0.439. The lowest BCUT2D eigenvalue weighted by Gasteiger charge is -2.24. The quantitative estimate of drug-likeness (QED) is 0.786. The van der Waals surface area contributed by atoms with Crippen molar-refractivity contribution in [2.75, 3.05) is 0 Å². The van der Waals surface area contributed by atoms with Crippen molar-refractivity contribution in [3.63, 3.8) is 0 Å². The van der Waals surface area contributed by atoms with E-state index in [9.17, 15) is 14.7 Å².